The molecule has 5 rings (SSSR count). The van der Waals surface area contributed by atoms with Crippen molar-refractivity contribution in [3.8, 4) is 5.69 Å². The standard InChI is InChI=1S/C29H29BrN4S/c1-5-21-10-8-9-18(2)27(21)33-19(3)17-24(20(33)4)28-26(25-11-6-7-16-31-25)32-29(35)34(28)23-14-12-22(30)13-15-23/h6-17,26,28H,5H2,1-4H3,(H,32,35)/t26-,28+/m0/s1. The lowest BCUT2D eigenvalue weighted by Gasteiger charge is -2.28. The third-order valence-electron chi connectivity index (χ3n) is 6.92. The van der Waals surface area contributed by atoms with Crippen LogP contribution in [0.2, 0.25) is 0 Å². The van der Waals surface area contributed by atoms with Gasteiger partial charge in [-0.2, -0.15) is 0 Å². The predicted molar refractivity (Wildman–Crippen MR) is 151 cm³/mol. The summed E-state index contributed by atoms with van der Waals surface area (Å²) in [5.74, 6) is 0. The highest BCUT2D eigenvalue weighted by Gasteiger charge is 2.42. The second-order valence-electron chi connectivity index (χ2n) is 9.07. The number of benzene rings is 2. The Morgan fingerprint density at radius 1 is 1.00 bits per heavy atom. The molecule has 4 aromatic rings. The van der Waals surface area contributed by atoms with E-state index >= 15 is 0 Å². The summed E-state index contributed by atoms with van der Waals surface area (Å²) in [7, 11) is 0. The van der Waals surface area contributed by atoms with Crippen LogP contribution in [0.15, 0.2) is 77.4 Å². The Kier molecular flexibility index (Phi) is 6.51. The first-order valence-electron chi connectivity index (χ1n) is 11.9. The van der Waals surface area contributed by atoms with Crippen LogP contribution in [0.1, 0.15) is 52.8 Å². The van der Waals surface area contributed by atoms with Crippen molar-refractivity contribution in [2.45, 2.75) is 46.2 Å². The van der Waals surface area contributed by atoms with Gasteiger partial charge in [0.1, 0.15) is 0 Å². The maximum atomic E-state index is 5.91. The zero-order valence-electron chi connectivity index (χ0n) is 20.4. The van der Waals surface area contributed by atoms with Gasteiger partial charge in [-0.25, -0.2) is 0 Å². The van der Waals surface area contributed by atoms with Gasteiger partial charge >= 0.3 is 0 Å². The Hall–Kier alpha value is -2.96. The average Bonchev–Trinajstić information content (AvgIpc) is 3.35. The molecule has 2 aromatic heterocycles. The molecule has 0 aliphatic carbocycles. The molecule has 1 N–H and O–H groups in total. The van der Waals surface area contributed by atoms with Gasteiger partial charge in [0.25, 0.3) is 0 Å². The Bertz CT molecular complexity index is 1380. The first-order chi connectivity index (χ1) is 16.9. The highest BCUT2D eigenvalue weighted by Crippen LogP contribution is 2.44. The maximum absolute atomic E-state index is 5.91. The molecule has 0 amide bonds. The molecule has 1 fully saturated rings. The summed E-state index contributed by atoms with van der Waals surface area (Å²) in [6.07, 6.45) is 2.84. The molecule has 1 aliphatic rings. The third kappa shape index (κ3) is 4.19. The van der Waals surface area contributed by atoms with Crippen LogP contribution in [0.4, 0.5) is 5.69 Å². The second kappa shape index (κ2) is 9.59. The van der Waals surface area contributed by atoms with E-state index in [1.54, 1.807) is 0 Å². The number of hydrogen-bond acceptors (Lipinski definition) is 2. The molecular weight excluding hydrogens is 516 g/mol. The average molecular weight is 546 g/mol. The highest BCUT2D eigenvalue weighted by atomic mass is 79.9. The van der Waals surface area contributed by atoms with Crippen molar-refractivity contribution in [3.05, 3.63) is 111 Å². The van der Waals surface area contributed by atoms with E-state index in [2.05, 4.69) is 113 Å². The first-order valence-corrected chi connectivity index (χ1v) is 13.1. The number of halogens is 1. The van der Waals surface area contributed by atoms with Gasteiger partial charge < -0.3 is 14.8 Å². The topological polar surface area (TPSA) is 33.1 Å². The van der Waals surface area contributed by atoms with Crippen molar-refractivity contribution < 1.29 is 0 Å². The van der Waals surface area contributed by atoms with Crippen LogP contribution in [0.5, 0.6) is 0 Å². The molecule has 1 saturated heterocycles. The monoisotopic (exact) mass is 544 g/mol. The van der Waals surface area contributed by atoms with Crippen LogP contribution >= 0.6 is 28.1 Å². The van der Waals surface area contributed by atoms with Gasteiger partial charge in [0.2, 0.25) is 0 Å². The van der Waals surface area contributed by atoms with Gasteiger partial charge in [0.05, 0.1) is 23.5 Å². The van der Waals surface area contributed by atoms with E-state index in [0.717, 1.165) is 22.3 Å². The minimum Gasteiger partial charge on any atom is -0.351 e. The number of anilines is 1. The summed E-state index contributed by atoms with van der Waals surface area (Å²) in [6, 6.07) is 23.2. The Labute approximate surface area is 221 Å². The van der Waals surface area contributed by atoms with Crippen LogP contribution in [-0.4, -0.2) is 14.7 Å². The fraction of sp³-hybridized carbons (Fsp3) is 0.241. The summed E-state index contributed by atoms with van der Waals surface area (Å²) >= 11 is 9.48. The van der Waals surface area contributed by atoms with Gasteiger partial charge in [-0.05, 0) is 98.6 Å². The minimum absolute atomic E-state index is 0.0346. The molecule has 35 heavy (non-hydrogen) atoms. The van der Waals surface area contributed by atoms with Crippen molar-refractivity contribution in [2.75, 3.05) is 4.90 Å². The Balaban J connectivity index is 1.71. The van der Waals surface area contributed by atoms with E-state index in [4.69, 9.17) is 17.2 Å². The summed E-state index contributed by atoms with van der Waals surface area (Å²) in [5.41, 5.74) is 9.65. The highest BCUT2D eigenvalue weighted by molar-refractivity contribution is 9.10. The molecule has 1 aliphatic heterocycles. The van der Waals surface area contributed by atoms with Crippen molar-refractivity contribution in [2.24, 2.45) is 0 Å². The lowest BCUT2D eigenvalue weighted by molar-refractivity contribution is 0.565. The SMILES string of the molecule is CCc1cccc(C)c1-n1c(C)cc([C@@H]2[C@H](c3ccccn3)NC(=S)N2c2ccc(Br)cc2)c1C. The van der Waals surface area contributed by atoms with Gasteiger partial charge in [0.15, 0.2) is 5.11 Å². The molecule has 3 heterocycles. The van der Waals surface area contributed by atoms with E-state index in [1.807, 2.05) is 18.3 Å². The molecular formula is C29H29BrN4S. The van der Waals surface area contributed by atoms with E-state index in [9.17, 15) is 0 Å². The predicted octanol–water partition coefficient (Wildman–Crippen LogP) is 7.30. The van der Waals surface area contributed by atoms with Gasteiger partial charge in [-0.1, -0.05) is 47.1 Å². The van der Waals surface area contributed by atoms with Crippen molar-refractivity contribution >= 4 is 38.9 Å². The number of nitrogens with one attached hydrogen (secondary N) is 1. The van der Waals surface area contributed by atoms with Crippen molar-refractivity contribution in [1.29, 1.82) is 0 Å². The number of nitrogens with zero attached hydrogens (tertiary/aromatic N) is 3. The normalized spacial score (nSPS) is 17.6. The minimum atomic E-state index is -0.0659. The van der Waals surface area contributed by atoms with E-state index < -0.39 is 0 Å². The van der Waals surface area contributed by atoms with E-state index in [-0.39, 0.29) is 12.1 Å². The number of rotatable bonds is 5. The zero-order chi connectivity index (χ0) is 24.7. The van der Waals surface area contributed by atoms with Crippen molar-refractivity contribution in [1.82, 2.24) is 14.9 Å². The first kappa shape index (κ1) is 23.8. The maximum Gasteiger partial charge on any atom is 0.174 e. The number of para-hydroxylation sites is 1. The summed E-state index contributed by atoms with van der Waals surface area (Å²) in [5, 5.41) is 4.30. The fourth-order valence-corrected chi connectivity index (χ4v) is 5.92. The largest absolute Gasteiger partial charge is 0.351 e. The van der Waals surface area contributed by atoms with Crippen LogP contribution < -0.4 is 10.2 Å². The smallest absolute Gasteiger partial charge is 0.174 e. The molecule has 0 bridgehead atoms. The molecule has 0 unspecified atom stereocenters. The quantitative estimate of drug-likeness (QED) is 0.267. The van der Waals surface area contributed by atoms with Crippen LogP contribution in [0.25, 0.3) is 5.69 Å². The van der Waals surface area contributed by atoms with Gasteiger partial charge in [-0.15, -0.1) is 0 Å². The third-order valence-corrected chi connectivity index (χ3v) is 7.76. The summed E-state index contributed by atoms with van der Waals surface area (Å²) < 4.78 is 3.46. The summed E-state index contributed by atoms with van der Waals surface area (Å²) in [6.45, 7) is 8.84. The van der Waals surface area contributed by atoms with Gasteiger partial charge in [-0.3, -0.25) is 4.98 Å². The number of pyridine rings is 1. The Morgan fingerprint density at radius 3 is 2.46 bits per heavy atom. The second-order valence-corrected chi connectivity index (χ2v) is 10.4. The lowest BCUT2D eigenvalue weighted by Crippen LogP contribution is -2.29. The number of aromatic nitrogens is 2. The van der Waals surface area contributed by atoms with E-state index in [1.165, 1.54) is 33.8 Å². The van der Waals surface area contributed by atoms with Gasteiger partial charge in [0, 0.05) is 27.7 Å². The van der Waals surface area contributed by atoms with Crippen LogP contribution in [0, 0.1) is 20.8 Å². The molecule has 2 aromatic carbocycles. The molecule has 6 heteroatoms. The molecule has 0 spiro atoms. The summed E-state index contributed by atoms with van der Waals surface area (Å²) in [4.78, 5) is 6.95. The molecule has 2 atom stereocenters. The van der Waals surface area contributed by atoms with Crippen LogP contribution in [-0.2, 0) is 6.42 Å². The molecule has 0 radical (unpaired) electrons. The molecule has 178 valence electrons. The van der Waals surface area contributed by atoms with Crippen molar-refractivity contribution in [3.63, 3.8) is 0 Å². The lowest BCUT2D eigenvalue weighted by atomic mass is 9.96. The molecule has 4 nitrogen and oxygen atoms in total. The molecule has 0 saturated carbocycles. The number of thiocarbonyl (C=S) groups is 1. The zero-order valence-corrected chi connectivity index (χ0v) is 22.8. The van der Waals surface area contributed by atoms with Crippen LogP contribution in [0.3, 0.4) is 0 Å². The fourth-order valence-electron chi connectivity index (χ4n) is 5.31. The Morgan fingerprint density at radius 2 is 1.77 bits per heavy atom. The number of hydrogen-bond donors (Lipinski definition) is 1. The van der Waals surface area contributed by atoms with E-state index in [0.29, 0.717) is 5.11 Å². The number of aryl methyl sites for hydroxylation is 3.